The van der Waals surface area contributed by atoms with Crippen molar-refractivity contribution in [3.05, 3.63) is 24.2 Å². The number of methoxy groups -OCH3 is 1. The van der Waals surface area contributed by atoms with Crippen molar-refractivity contribution >= 4 is 17.7 Å². The van der Waals surface area contributed by atoms with E-state index in [1.807, 2.05) is 6.92 Å². The first-order valence-corrected chi connectivity index (χ1v) is 12.9. The van der Waals surface area contributed by atoms with Gasteiger partial charge in [0.25, 0.3) is 0 Å². The summed E-state index contributed by atoms with van der Waals surface area (Å²) in [6, 6.07) is 1.74. The fourth-order valence-electron chi connectivity index (χ4n) is 10.6. The molecule has 4 aliphatic carbocycles. The maximum atomic E-state index is 14.0. The van der Waals surface area contributed by atoms with Crippen LogP contribution in [0.4, 0.5) is 0 Å². The number of furan rings is 1. The molecule has 0 aromatic carbocycles. The Hall–Kier alpha value is -2.27. The molecule has 0 radical (unpaired) electrons. The Kier molecular flexibility index (Phi) is 4.17. The molecule has 3 heterocycles. The number of epoxide rings is 1. The standard InChI is InChI=1S/C27H32O10/c1-22-11-25(33)18(15(29)19(22)31)27-13(24(25,3)17(22)16(30)21(32)34-4)5-7-23(2)20(12-6-8-35-10-12)36-14(28)9-26(23,27)37-27/h6,8,10,13,16-20,30-31,33H,5,7,9,11H2,1-4H3/t13?,16-,17-,18+,19+,20-,22+,23-,24+,25?,26-,27-/m0/s1. The van der Waals surface area contributed by atoms with E-state index in [0.29, 0.717) is 18.4 Å². The number of hydrogen-bond acceptors (Lipinski definition) is 10. The number of Topliss-reactive ketones (excluding diaryl/α,β-unsaturated/α-hetero) is 1. The maximum absolute atomic E-state index is 14.0. The average Bonchev–Trinajstić information content (AvgIpc) is 3.11. The molecule has 2 bridgehead atoms. The van der Waals surface area contributed by atoms with Gasteiger partial charge in [-0.15, -0.1) is 0 Å². The zero-order valence-corrected chi connectivity index (χ0v) is 21.2. The minimum absolute atomic E-state index is 0.0107. The highest BCUT2D eigenvalue weighted by Crippen LogP contribution is 2.88. The molecule has 0 amide bonds. The third kappa shape index (κ3) is 2.11. The van der Waals surface area contributed by atoms with Gasteiger partial charge in [-0.2, -0.15) is 0 Å². The lowest BCUT2D eigenvalue weighted by atomic mass is 9.48. The lowest BCUT2D eigenvalue weighted by Crippen LogP contribution is -2.64. The highest BCUT2D eigenvalue weighted by molar-refractivity contribution is 5.93. The van der Waals surface area contributed by atoms with Crippen molar-refractivity contribution in [2.75, 3.05) is 7.11 Å². The summed E-state index contributed by atoms with van der Waals surface area (Å²) >= 11 is 0. The van der Waals surface area contributed by atoms with Gasteiger partial charge in [0.2, 0.25) is 0 Å². The topological polar surface area (TPSA) is 156 Å². The normalized spacial score (nSPS) is 55.6. The third-order valence-electron chi connectivity index (χ3n) is 11.9. The molecule has 6 fully saturated rings. The molecule has 3 N–H and O–H groups in total. The minimum Gasteiger partial charge on any atom is -0.472 e. The van der Waals surface area contributed by atoms with Gasteiger partial charge in [-0.1, -0.05) is 20.8 Å². The molecule has 2 aliphatic heterocycles. The van der Waals surface area contributed by atoms with Crippen molar-refractivity contribution in [3.8, 4) is 0 Å². The van der Waals surface area contributed by atoms with E-state index in [0.717, 1.165) is 0 Å². The predicted molar refractivity (Wildman–Crippen MR) is 121 cm³/mol. The Morgan fingerprint density at radius 1 is 1.24 bits per heavy atom. The van der Waals surface area contributed by atoms with Crippen LogP contribution in [0.25, 0.3) is 0 Å². The first kappa shape index (κ1) is 23.8. The number of esters is 2. The number of aliphatic hydroxyl groups is 3. The number of carbonyl (C=O) groups is 3. The van der Waals surface area contributed by atoms with Crippen LogP contribution >= 0.6 is 0 Å². The Balaban J connectivity index is 1.45. The smallest absolute Gasteiger partial charge is 0.335 e. The van der Waals surface area contributed by atoms with Gasteiger partial charge in [0, 0.05) is 33.6 Å². The summed E-state index contributed by atoms with van der Waals surface area (Å²) in [7, 11) is 1.17. The molecule has 7 rings (SSSR count). The van der Waals surface area contributed by atoms with E-state index in [-0.39, 0.29) is 12.8 Å². The first-order chi connectivity index (χ1) is 17.3. The highest BCUT2D eigenvalue weighted by Gasteiger charge is 2.99. The van der Waals surface area contributed by atoms with Crippen LogP contribution in [0.3, 0.4) is 0 Å². The van der Waals surface area contributed by atoms with E-state index in [9.17, 15) is 29.7 Å². The molecule has 200 valence electrons. The molecule has 4 saturated carbocycles. The fourth-order valence-corrected chi connectivity index (χ4v) is 10.6. The number of fused-ring (bicyclic) bond motifs is 2. The lowest BCUT2D eigenvalue weighted by molar-refractivity contribution is -0.185. The Morgan fingerprint density at radius 2 is 1.97 bits per heavy atom. The molecular weight excluding hydrogens is 484 g/mol. The van der Waals surface area contributed by atoms with Gasteiger partial charge in [-0.25, -0.2) is 4.79 Å². The highest BCUT2D eigenvalue weighted by atomic mass is 16.7. The Bertz CT molecular complexity index is 1240. The molecule has 2 saturated heterocycles. The van der Waals surface area contributed by atoms with Gasteiger partial charge < -0.3 is 33.9 Å². The number of aliphatic hydroxyl groups excluding tert-OH is 2. The van der Waals surface area contributed by atoms with Crippen molar-refractivity contribution < 1.29 is 48.3 Å². The van der Waals surface area contributed by atoms with Crippen LogP contribution < -0.4 is 0 Å². The van der Waals surface area contributed by atoms with Crippen molar-refractivity contribution in [2.24, 2.45) is 34.0 Å². The number of ether oxygens (including phenoxy) is 3. The van der Waals surface area contributed by atoms with Gasteiger partial charge in [-0.3, -0.25) is 9.59 Å². The number of ketones is 1. The van der Waals surface area contributed by atoms with E-state index in [4.69, 9.17) is 18.6 Å². The van der Waals surface area contributed by atoms with Crippen LogP contribution in [0.15, 0.2) is 23.0 Å². The van der Waals surface area contributed by atoms with Crippen LogP contribution in [0.5, 0.6) is 0 Å². The molecular formula is C27H32O10. The van der Waals surface area contributed by atoms with Crippen molar-refractivity contribution in [2.45, 2.75) is 81.6 Å². The molecule has 6 aliphatic rings. The van der Waals surface area contributed by atoms with Gasteiger partial charge in [0.1, 0.15) is 23.4 Å². The van der Waals surface area contributed by atoms with E-state index < -0.39 is 86.8 Å². The lowest BCUT2D eigenvalue weighted by Gasteiger charge is -2.54. The second kappa shape index (κ2) is 6.47. The van der Waals surface area contributed by atoms with Crippen molar-refractivity contribution in [1.29, 1.82) is 0 Å². The van der Waals surface area contributed by atoms with Gasteiger partial charge in [0.15, 0.2) is 11.9 Å². The molecule has 10 nitrogen and oxygen atoms in total. The number of rotatable bonds is 3. The van der Waals surface area contributed by atoms with Crippen molar-refractivity contribution in [3.63, 3.8) is 0 Å². The molecule has 1 aromatic heterocycles. The van der Waals surface area contributed by atoms with Gasteiger partial charge >= 0.3 is 11.9 Å². The molecule has 2 unspecified atom stereocenters. The third-order valence-corrected chi connectivity index (χ3v) is 11.9. The van der Waals surface area contributed by atoms with E-state index in [1.54, 1.807) is 19.9 Å². The Labute approximate surface area is 213 Å². The summed E-state index contributed by atoms with van der Waals surface area (Å²) in [6.07, 6.45) is 0.133. The second-order valence-corrected chi connectivity index (χ2v) is 12.9. The summed E-state index contributed by atoms with van der Waals surface area (Å²) in [6.45, 7) is 5.44. The van der Waals surface area contributed by atoms with E-state index in [1.165, 1.54) is 19.6 Å². The van der Waals surface area contributed by atoms with Crippen molar-refractivity contribution in [1.82, 2.24) is 0 Å². The predicted octanol–water partition coefficient (Wildman–Crippen LogP) is 1.06. The summed E-state index contributed by atoms with van der Waals surface area (Å²) in [4.78, 5) is 39.8. The second-order valence-electron chi connectivity index (χ2n) is 12.9. The zero-order valence-electron chi connectivity index (χ0n) is 21.2. The Morgan fingerprint density at radius 3 is 2.62 bits per heavy atom. The van der Waals surface area contributed by atoms with Crippen LogP contribution in [0, 0.1) is 34.0 Å². The first-order valence-electron chi connectivity index (χ1n) is 12.9. The molecule has 12 atom stereocenters. The maximum Gasteiger partial charge on any atom is 0.335 e. The van der Waals surface area contributed by atoms with E-state index in [2.05, 4.69) is 0 Å². The largest absolute Gasteiger partial charge is 0.472 e. The van der Waals surface area contributed by atoms with Crippen LogP contribution in [-0.4, -0.2) is 69.2 Å². The van der Waals surface area contributed by atoms with Crippen LogP contribution in [0.1, 0.15) is 58.1 Å². The number of carbonyl (C=O) groups excluding carboxylic acids is 3. The molecule has 37 heavy (non-hydrogen) atoms. The summed E-state index contributed by atoms with van der Waals surface area (Å²) in [5, 5.41) is 35.2. The monoisotopic (exact) mass is 516 g/mol. The summed E-state index contributed by atoms with van der Waals surface area (Å²) in [5.74, 6) is -4.48. The molecule has 10 heteroatoms. The molecule has 2 spiro atoms. The number of hydrogen-bond donors (Lipinski definition) is 3. The summed E-state index contributed by atoms with van der Waals surface area (Å²) in [5.41, 5.74) is -6.52. The van der Waals surface area contributed by atoms with Gasteiger partial charge in [0.05, 0.1) is 37.6 Å². The molecule has 1 aromatic rings. The van der Waals surface area contributed by atoms with Gasteiger partial charge in [-0.05, 0) is 25.3 Å². The quantitative estimate of drug-likeness (QED) is 0.392. The van der Waals surface area contributed by atoms with E-state index >= 15 is 0 Å². The van der Waals surface area contributed by atoms with Crippen LogP contribution in [-0.2, 0) is 28.6 Å². The SMILES string of the molecule is COC(=O)[C@@H](O)[C@H]1[C@@]2(C)CC3(O)[C@@H](C(=O)[C@H]2O)[C@]24O[C@]25CC(=O)O[C@@H](c2ccoc2)[C@]5(C)CCC4[C@]13C. The minimum atomic E-state index is -1.66. The zero-order chi connectivity index (χ0) is 26.6. The average molecular weight is 517 g/mol. The number of cyclic esters (lactones) is 1. The summed E-state index contributed by atoms with van der Waals surface area (Å²) < 4.78 is 22.7. The fraction of sp³-hybridized carbons (Fsp3) is 0.741. The van der Waals surface area contributed by atoms with Crippen LogP contribution in [0.2, 0.25) is 0 Å².